The molecule has 4 aromatic rings. The van der Waals surface area contributed by atoms with Gasteiger partial charge in [0, 0.05) is 19.3 Å². The van der Waals surface area contributed by atoms with Crippen LogP contribution in [0.2, 0.25) is 0 Å². The summed E-state index contributed by atoms with van der Waals surface area (Å²) in [5.74, 6) is 1.18. The lowest BCUT2D eigenvalue weighted by Gasteiger charge is -2.27. The molecule has 0 saturated carbocycles. The largest absolute Gasteiger partial charge is 0.378 e. The summed E-state index contributed by atoms with van der Waals surface area (Å²) >= 11 is 0. The zero-order valence-corrected chi connectivity index (χ0v) is 18.1. The third-order valence-corrected chi connectivity index (χ3v) is 5.24. The number of hydrogen-bond donors (Lipinski definition) is 1. The number of hydrazone groups is 1. The van der Waals surface area contributed by atoms with Crippen molar-refractivity contribution in [3.05, 3.63) is 65.7 Å². The third-order valence-electron chi connectivity index (χ3n) is 5.24. The number of anilines is 2. The molecule has 5 rings (SSSR count). The van der Waals surface area contributed by atoms with E-state index >= 15 is 0 Å². The van der Waals surface area contributed by atoms with Crippen molar-refractivity contribution in [2.75, 3.05) is 36.6 Å². The molecule has 4 heterocycles. The first-order valence-corrected chi connectivity index (χ1v) is 10.5. The Morgan fingerprint density at radius 1 is 1.06 bits per heavy atom. The van der Waals surface area contributed by atoms with E-state index in [9.17, 15) is 0 Å². The van der Waals surface area contributed by atoms with Gasteiger partial charge < -0.3 is 9.64 Å². The molecule has 0 radical (unpaired) electrons. The minimum absolute atomic E-state index is 0.555. The van der Waals surface area contributed by atoms with Crippen molar-refractivity contribution >= 4 is 29.1 Å². The van der Waals surface area contributed by atoms with Crippen LogP contribution >= 0.6 is 0 Å². The number of hydrogen-bond acceptors (Lipinski definition) is 8. The van der Waals surface area contributed by atoms with Gasteiger partial charge >= 0.3 is 0 Å². The zero-order valence-electron chi connectivity index (χ0n) is 18.1. The quantitative estimate of drug-likeness (QED) is 0.386. The Balaban J connectivity index is 1.55. The van der Waals surface area contributed by atoms with E-state index in [1.807, 2.05) is 35.9 Å². The van der Waals surface area contributed by atoms with Crippen LogP contribution in [0.25, 0.3) is 16.9 Å². The molecule has 9 heteroatoms. The first-order valence-electron chi connectivity index (χ1n) is 10.5. The molecule has 0 atom stereocenters. The molecule has 0 spiro atoms. The van der Waals surface area contributed by atoms with Crippen molar-refractivity contribution in [1.29, 1.82) is 0 Å². The summed E-state index contributed by atoms with van der Waals surface area (Å²) in [7, 11) is 0. The van der Waals surface area contributed by atoms with Gasteiger partial charge in [-0.15, -0.1) is 0 Å². The summed E-state index contributed by atoms with van der Waals surface area (Å²) in [5, 5.41) is 4.42. The van der Waals surface area contributed by atoms with Gasteiger partial charge in [0.25, 0.3) is 0 Å². The van der Waals surface area contributed by atoms with Crippen molar-refractivity contribution in [3.8, 4) is 5.69 Å². The SMILES string of the molecule is Cc1cccc(/C=N/Nc2nc(N3CCOCC3)nc3c2ncn3-c2cncc(C)c2)c1. The Morgan fingerprint density at radius 2 is 1.94 bits per heavy atom. The monoisotopic (exact) mass is 428 g/mol. The summed E-state index contributed by atoms with van der Waals surface area (Å²) in [6.45, 7) is 6.83. The second kappa shape index (κ2) is 8.72. The van der Waals surface area contributed by atoms with E-state index in [1.165, 1.54) is 5.56 Å². The van der Waals surface area contributed by atoms with Gasteiger partial charge in [0.2, 0.25) is 5.95 Å². The van der Waals surface area contributed by atoms with Crippen LogP contribution in [0.15, 0.2) is 54.2 Å². The number of nitrogens with zero attached hydrogens (tertiary/aromatic N) is 7. The number of morpholine rings is 1. The maximum atomic E-state index is 5.49. The average Bonchev–Trinajstić information content (AvgIpc) is 3.24. The standard InChI is InChI=1S/C23H24N8O/c1-16-4-3-5-18(10-16)13-26-29-21-20-22(28-23(27-21)30-6-8-32-9-7-30)31(15-25-20)19-11-17(2)12-24-14-19/h3-5,10-15H,6-9H2,1-2H3,(H,27,28,29)/b26-13+. The van der Waals surface area contributed by atoms with Gasteiger partial charge in [0.05, 0.1) is 31.3 Å². The minimum Gasteiger partial charge on any atom is -0.378 e. The summed E-state index contributed by atoms with van der Waals surface area (Å²) in [4.78, 5) is 20.6. The Labute approximate surface area is 185 Å². The second-order valence-corrected chi connectivity index (χ2v) is 7.76. The lowest BCUT2D eigenvalue weighted by atomic mass is 10.2. The number of ether oxygens (including phenoxy) is 1. The minimum atomic E-state index is 0.555. The Bertz CT molecular complexity index is 1280. The molecule has 1 saturated heterocycles. The van der Waals surface area contributed by atoms with Crippen molar-refractivity contribution in [2.24, 2.45) is 5.10 Å². The van der Waals surface area contributed by atoms with Crippen molar-refractivity contribution < 1.29 is 4.74 Å². The van der Waals surface area contributed by atoms with E-state index in [0.717, 1.165) is 29.9 Å². The summed E-state index contributed by atoms with van der Waals surface area (Å²) in [5.41, 5.74) is 8.57. The van der Waals surface area contributed by atoms with Crippen LogP contribution in [0, 0.1) is 13.8 Å². The fourth-order valence-corrected chi connectivity index (χ4v) is 3.65. The summed E-state index contributed by atoms with van der Waals surface area (Å²) < 4.78 is 7.42. The average molecular weight is 429 g/mol. The molecule has 0 amide bonds. The van der Waals surface area contributed by atoms with E-state index < -0.39 is 0 Å². The first kappa shape index (κ1) is 20.1. The van der Waals surface area contributed by atoms with Gasteiger partial charge in [-0.25, -0.2) is 4.98 Å². The Kier molecular flexibility index (Phi) is 5.47. The number of benzene rings is 1. The number of aromatic nitrogens is 5. The van der Waals surface area contributed by atoms with Crippen LogP contribution in [-0.2, 0) is 4.74 Å². The predicted molar refractivity (Wildman–Crippen MR) is 125 cm³/mol. The normalized spacial score (nSPS) is 14.4. The van der Waals surface area contributed by atoms with Gasteiger partial charge in [-0.1, -0.05) is 29.8 Å². The van der Waals surface area contributed by atoms with Gasteiger partial charge in [0.1, 0.15) is 6.33 Å². The van der Waals surface area contributed by atoms with Gasteiger partial charge in [-0.05, 0) is 31.0 Å². The van der Waals surface area contributed by atoms with Crippen molar-refractivity contribution in [2.45, 2.75) is 13.8 Å². The number of imidazole rings is 1. The Hall–Kier alpha value is -3.85. The highest BCUT2D eigenvalue weighted by atomic mass is 16.5. The molecule has 1 aliphatic heterocycles. The van der Waals surface area contributed by atoms with Gasteiger partial charge in [0.15, 0.2) is 17.0 Å². The molecule has 0 bridgehead atoms. The molecule has 3 aromatic heterocycles. The molecule has 1 aliphatic rings. The lowest BCUT2D eigenvalue weighted by molar-refractivity contribution is 0.122. The lowest BCUT2D eigenvalue weighted by Crippen LogP contribution is -2.37. The molecule has 162 valence electrons. The molecule has 1 fully saturated rings. The molecule has 32 heavy (non-hydrogen) atoms. The first-order chi connectivity index (χ1) is 15.7. The van der Waals surface area contributed by atoms with Crippen LogP contribution < -0.4 is 10.3 Å². The number of fused-ring (bicyclic) bond motifs is 1. The smallest absolute Gasteiger partial charge is 0.229 e. The fourth-order valence-electron chi connectivity index (χ4n) is 3.65. The number of pyridine rings is 1. The Morgan fingerprint density at radius 3 is 2.75 bits per heavy atom. The van der Waals surface area contributed by atoms with Gasteiger partial charge in [-0.2, -0.15) is 15.1 Å². The topological polar surface area (TPSA) is 93.4 Å². The molecule has 1 aromatic carbocycles. The molecule has 0 aliphatic carbocycles. The van der Waals surface area contributed by atoms with Crippen molar-refractivity contribution in [3.63, 3.8) is 0 Å². The van der Waals surface area contributed by atoms with E-state index in [0.29, 0.717) is 36.1 Å². The highest BCUT2D eigenvalue weighted by Gasteiger charge is 2.19. The molecular formula is C23H24N8O. The molecular weight excluding hydrogens is 404 g/mol. The summed E-state index contributed by atoms with van der Waals surface area (Å²) in [6.07, 6.45) is 7.14. The molecule has 0 unspecified atom stereocenters. The van der Waals surface area contributed by atoms with Crippen LogP contribution in [0.5, 0.6) is 0 Å². The van der Waals surface area contributed by atoms with Crippen LogP contribution in [0.3, 0.4) is 0 Å². The van der Waals surface area contributed by atoms with E-state index in [2.05, 4.69) is 44.5 Å². The summed E-state index contributed by atoms with van der Waals surface area (Å²) in [6, 6.07) is 10.2. The van der Waals surface area contributed by atoms with Crippen LogP contribution in [-0.4, -0.2) is 57.0 Å². The van der Waals surface area contributed by atoms with Crippen LogP contribution in [0.4, 0.5) is 11.8 Å². The number of rotatable bonds is 5. The highest BCUT2D eigenvalue weighted by Crippen LogP contribution is 2.25. The maximum Gasteiger partial charge on any atom is 0.229 e. The predicted octanol–water partition coefficient (Wildman–Crippen LogP) is 3.11. The fraction of sp³-hybridized carbons (Fsp3) is 0.261. The highest BCUT2D eigenvalue weighted by molar-refractivity contribution is 5.87. The second-order valence-electron chi connectivity index (χ2n) is 7.76. The third kappa shape index (κ3) is 4.15. The molecule has 1 N–H and O–H groups in total. The maximum absolute atomic E-state index is 5.49. The van der Waals surface area contributed by atoms with E-state index in [1.54, 1.807) is 18.7 Å². The van der Waals surface area contributed by atoms with E-state index in [4.69, 9.17) is 14.7 Å². The van der Waals surface area contributed by atoms with Crippen molar-refractivity contribution in [1.82, 2.24) is 24.5 Å². The number of aryl methyl sites for hydroxylation is 2. The van der Waals surface area contributed by atoms with E-state index in [-0.39, 0.29) is 0 Å². The van der Waals surface area contributed by atoms with Gasteiger partial charge in [-0.3, -0.25) is 15.0 Å². The molecule has 9 nitrogen and oxygen atoms in total. The zero-order chi connectivity index (χ0) is 21.9. The van der Waals surface area contributed by atoms with Crippen LogP contribution in [0.1, 0.15) is 16.7 Å². The number of nitrogens with one attached hydrogen (secondary N) is 1.